The van der Waals surface area contributed by atoms with Gasteiger partial charge in [0.15, 0.2) is 0 Å². The minimum atomic E-state index is -0.442. The predicted octanol–water partition coefficient (Wildman–Crippen LogP) is 1.84. The summed E-state index contributed by atoms with van der Waals surface area (Å²) in [6, 6.07) is 2.37. The Balaban J connectivity index is 2.10. The summed E-state index contributed by atoms with van der Waals surface area (Å²) < 4.78 is 0. The summed E-state index contributed by atoms with van der Waals surface area (Å²) in [5, 5.41) is 28.9. The molecule has 3 unspecified atom stereocenters. The lowest BCUT2D eigenvalue weighted by atomic mass is 9.58. The molecule has 90 valence electrons. The zero-order valence-electron chi connectivity index (χ0n) is 9.89. The van der Waals surface area contributed by atoms with Gasteiger partial charge < -0.3 is 10.2 Å². The second-order valence-electron chi connectivity index (χ2n) is 5.78. The molecule has 2 aliphatic rings. The molecule has 2 aliphatic carbocycles. The second kappa shape index (κ2) is 4.35. The molecule has 0 aromatic rings. The van der Waals surface area contributed by atoms with Gasteiger partial charge in [-0.05, 0) is 31.6 Å². The zero-order valence-corrected chi connectivity index (χ0v) is 9.89. The Kier molecular flexibility index (Phi) is 3.23. The number of nitriles is 1. The maximum absolute atomic E-state index is 10.2. The second-order valence-corrected chi connectivity index (χ2v) is 5.78. The van der Waals surface area contributed by atoms with Gasteiger partial charge >= 0.3 is 0 Å². The first-order chi connectivity index (χ1) is 7.57. The quantitative estimate of drug-likeness (QED) is 0.667. The van der Waals surface area contributed by atoms with Crippen LogP contribution in [0.3, 0.4) is 0 Å². The zero-order chi connectivity index (χ0) is 11.8. The Morgan fingerprint density at radius 1 is 1.25 bits per heavy atom. The normalized spacial score (nSPS) is 48.9. The predicted molar refractivity (Wildman–Crippen MR) is 60.4 cm³/mol. The lowest BCUT2D eigenvalue weighted by Crippen LogP contribution is -2.49. The third kappa shape index (κ3) is 1.97. The summed E-state index contributed by atoms with van der Waals surface area (Å²) in [4.78, 5) is 0. The number of hydrogen-bond acceptors (Lipinski definition) is 3. The van der Waals surface area contributed by atoms with Gasteiger partial charge in [-0.15, -0.1) is 0 Å². The molecule has 2 N–H and O–H groups in total. The van der Waals surface area contributed by atoms with Crippen LogP contribution < -0.4 is 0 Å². The molecule has 0 bridgehead atoms. The lowest BCUT2D eigenvalue weighted by Gasteiger charge is -2.46. The molecule has 2 fully saturated rings. The van der Waals surface area contributed by atoms with Gasteiger partial charge in [-0.2, -0.15) is 5.26 Å². The van der Waals surface area contributed by atoms with E-state index in [2.05, 4.69) is 13.0 Å². The van der Waals surface area contributed by atoms with Crippen molar-refractivity contribution in [2.45, 2.75) is 57.7 Å². The van der Waals surface area contributed by atoms with Crippen molar-refractivity contribution in [3.05, 3.63) is 0 Å². The van der Waals surface area contributed by atoms with Crippen molar-refractivity contribution in [3.63, 3.8) is 0 Å². The lowest BCUT2D eigenvalue weighted by molar-refractivity contribution is -0.0735. The third-order valence-electron chi connectivity index (χ3n) is 4.45. The van der Waals surface area contributed by atoms with Crippen molar-refractivity contribution < 1.29 is 10.2 Å². The Hall–Kier alpha value is -0.590. The smallest absolute Gasteiger partial charge is 0.0695 e. The summed E-state index contributed by atoms with van der Waals surface area (Å²) in [5.41, 5.74) is -0.442. The van der Waals surface area contributed by atoms with Crippen LogP contribution in [0.1, 0.15) is 45.4 Å². The van der Waals surface area contributed by atoms with Gasteiger partial charge in [0.25, 0.3) is 0 Å². The number of rotatable bonds is 1. The van der Waals surface area contributed by atoms with Crippen LogP contribution in [-0.2, 0) is 0 Å². The summed E-state index contributed by atoms with van der Waals surface area (Å²) in [5.74, 6) is 0.631. The first-order valence-electron chi connectivity index (χ1n) is 6.35. The highest BCUT2D eigenvalue weighted by atomic mass is 16.3. The molecule has 0 aliphatic heterocycles. The van der Waals surface area contributed by atoms with E-state index in [-0.39, 0.29) is 18.1 Å². The van der Waals surface area contributed by atoms with Crippen molar-refractivity contribution in [1.29, 1.82) is 5.26 Å². The standard InChI is InChI=1S/C13H21NO2/c1-9-3-2-4-11(12(16)5-9)13(8-14)6-10(15)7-13/h9-12,15-16H,2-7H2,1H3. The summed E-state index contributed by atoms with van der Waals surface area (Å²) in [6.45, 7) is 2.17. The van der Waals surface area contributed by atoms with Gasteiger partial charge in [-0.3, -0.25) is 0 Å². The SMILES string of the molecule is CC1CCCC(C2(C#N)CC(O)C2)C(O)C1. The van der Waals surface area contributed by atoms with Crippen molar-refractivity contribution in [1.82, 2.24) is 0 Å². The molecule has 3 nitrogen and oxygen atoms in total. The fourth-order valence-electron chi connectivity index (χ4n) is 3.48. The molecule has 16 heavy (non-hydrogen) atoms. The summed E-state index contributed by atoms with van der Waals surface area (Å²) in [6.07, 6.45) is 4.42. The van der Waals surface area contributed by atoms with E-state index in [0.29, 0.717) is 18.8 Å². The van der Waals surface area contributed by atoms with E-state index in [1.807, 2.05) is 0 Å². The number of nitrogens with zero attached hydrogens (tertiary/aromatic N) is 1. The van der Waals surface area contributed by atoms with Crippen LogP contribution in [-0.4, -0.2) is 22.4 Å². The minimum Gasteiger partial charge on any atom is -0.393 e. The van der Waals surface area contributed by atoms with Crippen molar-refractivity contribution in [2.75, 3.05) is 0 Å². The van der Waals surface area contributed by atoms with Crippen LogP contribution in [0.5, 0.6) is 0 Å². The van der Waals surface area contributed by atoms with Crippen LogP contribution in [0.2, 0.25) is 0 Å². The van der Waals surface area contributed by atoms with E-state index >= 15 is 0 Å². The molecule has 0 radical (unpaired) electrons. The average molecular weight is 223 g/mol. The molecule has 2 rings (SSSR count). The molecule has 0 spiro atoms. The van der Waals surface area contributed by atoms with E-state index in [1.54, 1.807) is 0 Å². The highest BCUT2D eigenvalue weighted by molar-refractivity contribution is 5.13. The van der Waals surface area contributed by atoms with Crippen molar-refractivity contribution in [3.8, 4) is 6.07 Å². The third-order valence-corrected chi connectivity index (χ3v) is 4.45. The molecule has 0 heterocycles. The highest BCUT2D eigenvalue weighted by Crippen LogP contribution is 2.51. The van der Waals surface area contributed by atoms with E-state index in [1.165, 1.54) is 0 Å². The first-order valence-corrected chi connectivity index (χ1v) is 6.35. The monoisotopic (exact) mass is 223 g/mol. The van der Waals surface area contributed by atoms with Crippen LogP contribution in [0.15, 0.2) is 0 Å². The van der Waals surface area contributed by atoms with Crippen LogP contribution >= 0.6 is 0 Å². The number of aliphatic hydroxyl groups excluding tert-OH is 2. The molecule has 0 aromatic carbocycles. The maximum atomic E-state index is 10.2. The first kappa shape index (κ1) is 11.9. The van der Waals surface area contributed by atoms with Gasteiger partial charge in [0.05, 0.1) is 23.7 Å². The Labute approximate surface area is 97.1 Å². The molecule has 0 saturated heterocycles. The fourth-order valence-corrected chi connectivity index (χ4v) is 3.48. The molecule has 3 heteroatoms. The Morgan fingerprint density at radius 3 is 2.50 bits per heavy atom. The van der Waals surface area contributed by atoms with E-state index < -0.39 is 5.41 Å². The number of aliphatic hydroxyl groups is 2. The fraction of sp³-hybridized carbons (Fsp3) is 0.923. The van der Waals surface area contributed by atoms with Gasteiger partial charge in [0, 0.05) is 5.92 Å². The van der Waals surface area contributed by atoms with Crippen molar-refractivity contribution >= 4 is 0 Å². The van der Waals surface area contributed by atoms with Crippen LogP contribution in [0, 0.1) is 28.6 Å². The number of hydrogen-bond donors (Lipinski definition) is 2. The summed E-state index contributed by atoms with van der Waals surface area (Å²) in [7, 11) is 0. The highest BCUT2D eigenvalue weighted by Gasteiger charge is 2.52. The molecule has 2 saturated carbocycles. The van der Waals surface area contributed by atoms with Crippen LogP contribution in [0.25, 0.3) is 0 Å². The minimum absolute atomic E-state index is 0.0749. The van der Waals surface area contributed by atoms with Crippen molar-refractivity contribution in [2.24, 2.45) is 17.3 Å². The van der Waals surface area contributed by atoms with E-state index in [0.717, 1.165) is 25.7 Å². The largest absolute Gasteiger partial charge is 0.393 e. The Bertz CT molecular complexity index is 291. The van der Waals surface area contributed by atoms with Crippen LogP contribution in [0.4, 0.5) is 0 Å². The topological polar surface area (TPSA) is 64.2 Å². The molecule has 0 aromatic heterocycles. The van der Waals surface area contributed by atoms with E-state index in [4.69, 9.17) is 0 Å². The van der Waals surface area contributed by atoms with E-state index in [9.17, 15) is 15.5 Å². The molecule has 3 atom stereocenters. The molecule has 0 amide bonds. The maximum Gasteiger partial charge on any atom is 0.0695 e. The Morgan fingerprint density at radius 2 is 1.94 bits per heavy atom. The molecular weight excluding hydrogens is 202 g/mol. The van der Waals surface area contributed by atoms with Gasteiger partial charge in [0.1, 0.15) is 0 Å². The summed E-state index contributed by atoms with van der Waals surface area (Å²) >= 11 is 0. The van der Waals surface area contributed by atoms with Gasteiger partial charge in [-0.1, -0.05) is 19.8 Å². The molecular formula is C13H21NO2. The average Bonchev–Trinajstić information content (AvgIpc) is 2.35. The van der Waals surface area contributed by atoms with Gasteiger partial charge in [0.2, 0.25) is 0 Å². The van der Waals surface area contributed by atoms with Gasteiger partial charge in [-0.25, -0.2) is 0 Å².